The number of fused-ring (bicyclic) bond motifs is 7. The predicted molar refractivity (Wildman–Crippen MR) is 275 cm³/mol. The summed E-state index contributed by atoms with van der Waals surface area (Å²) >= 11 is 0. The van der Waals surface area contributed by atoms with E-state index in [1.54, 1.807) is 0 Å². The van der Waals surface area contributed by atoms with Crippen LogP contribution in [0.3, 0.4) is 0 Å². The first-order valence-electron chi connectivity index (χ1n) is 22.6. The molecule has 0 fully saturated rings. The Kier molecular flexibility index (Phi) is 9.21. The molecule has 0 atom stereocenters. The fraction of sp³-hybridized carbons (Fsp3) is 0.0476. The Labute approximate surface area is 381 Å². The maximum absolute atomic E-state index is 2.46. The van der Waals surface area contributed by atoms with E-state index in [4.69, 9.17) is 0 Å². The minimum Gasteiger partial charge on any atom is -0.311 e. The molecule has 0 aliphatic heterocycles. The van der Waals surface area contributed by atoms with Crippen molar-refractivity contribution in [3.05, 3.63) is 254 Å². The van der Waals surface area contributed by atoms with Crippen LogP contribution < -0.4 is 4.90 Å². The van der Waals surface area contributed by atoms with Crippen molar-refractivity contribution in [3.8, 4) is 61.3 Å². The van der Waals surface area contributed by atoms with Crippen molar-refractivity contribution in [1.29, 1.82) is 0 Å². The third-order valence-electron chi connectivity index (χ3n) is 13.6. The van der Waals surface area contributed by atoms with E-state index in [1.165, 1.54) is 88.6 Å². The fourth-order valence-electron chi connectivity index (χ4n) is 10.4. The number of aromatic nitrogens is 1. The van der Waals surface area contributed by atoms with E-state index < -0.39 is 0 Å². The topological polar surface area (TPSA) is 8.17 Å². The number of rotatable bonds is 8. The van der Waals surface area contributed by atoms with Crippen LogP contribution in [0.15, 0.2) is 243 Å². The van der Waals surface area contributed by atoms with Crippen LogP contribution in [0.2, 0.25) is 0 Å². The largest absolute Gasteiger partial charge is 0.311 e. The molecule has 0 amide bonds. The second kappa shape index (κ2) is 15.6. The summed E-state index contributed by atoms with van der Waals surface area (Å²) in [4.78, 5) is 2.35. The molecule has 0 spiro atoms. The molecule has 1 aliphatic rings. The van der Waals surface area contributed by atoms with E-state index in [0.717, 1.165) is 22.7 Å². The molecule has 2 nitrogen and oxygen atoms in total. The second-order valence-corrected chi connectivity index (χ2v) is 17.7. The minimum atomic E-state index is -0.110. The molecule has 11 aromatic rings. The maximum Gasteiger partial charge on any atom is 0.0544 e. The van der Waals surface area contributed by atoms with Crippen molar-refractivity contribution in [2.45, 2.75) is 19.3 Å². The van der Waals surface area contributed by atoms with Gasteiger partial charge in [0.2, 0.25) is 0 Å². The van der Waals surface area contributed by atoms with Crippen LogP contribution in [0, 0.1) is 0 Å². The van der Waals surface area contributed by atoms with Crippen molar-refractivity contribution >= 4 is 38.9 Å². The standard InChI is InChI=1S/C63H46N2/c1-63(2)58-25-11-9-23-55(58)56-39-40-60-61(62(56)63)57-24-10-12-26-59(57)65(60)54-22-14-21-50(42-54)49-20-13-19-48(41-49)47-31-37-53(38-32-47)64(51-33-27-45(28-34-51)43-15-5-3-6-16-43)52-35-29-46(30-36-52)44-17-7-4-8-18-44/h3-42H,1-2H3. The van der Waals surface area contributed by atoms with Crippen LogP contribution in [0.25, 0.3) is 83.1 Å². The van der Waals surface area contributed by atoms with Gasteiger partial charge in [-0.3, -0.25) is 0 Å². The van der Waals surface area contributed by atoms with Crippen molar-refractivity contribution in [1.82, 2.24) is 4.57 Å². The molecule has 65 heavy (non-hydrogen) atoms. The molecule has 0 bridgehead atoms. The van der Waals surface area contributed by atoms with Crippen LogP contribution in [-0.4, -0.2) is 4.57 Å². The molecule has 1 aromatic heterocycles. The SMILES string of the molecule is CC1(C)c2ccccc2-c2ccc3c(c21)c1ccccc1n3-c1cccc(-c2cccc(-c3ccc(N(c4ccc(-c5ccccc5)cc4)c4ccc(-c5ccccc5)cc4)cc3)c2)c1. The van der Waals surface area contributed by atoms with Gasteiger partial charge < -0.3 is 9.47 Å². The summed E-state index contributed by atoms with van der Waals surface area (Å²) in [7, 11) is 0. The average Bonchev–Trinajstić information content (AvgIpc) is 3.83. The van der Waals surface area contributed by atoms with Gasteiger partial charge in [-0.05, 0) is 133 Å². The van der Waals surface area contributed by atoms with Gasteiger partial charge >= 0.3 is 0 Å². The van der Waals surface area contributed by atoms with E-state index in [2.05, 4.69) is 266 Å². The van der Waals surface area contributed by atoms with Crippen molar-refractivity contribution in [2.75, 3.05) is 4.90 Å². The fourth-order valence-corrected chi connectivity index (χ4v) is 10.4. The minimum absolute atomic E-state index is 0.110. The number of hydrogen-bond donors (Lipinski definition) is 0. The molecule has 308 valence electrons. The van der Waals surface area contributed by atoms with Crippen LogP contribution in [0.4, 0.5) is 17.1 Å². The summed E-state index contributed by atoms with van der Waals surface area (Å²) in [6.07, 6.45) is 0. The molecule has 1 heterocycles. The summed E-state index contributed by atoms with van der Waals surface area (Å²) in [6, 6.07) is 88.5. The first-order chi connectivity index (χ1) is 32.0. The molecular formula is C63H46N2. The molecule has 0 unspecified atom stereocenters. The quantitative estimate of drug-likeness (QED) is 0.148. The maximum atomic E-state index is 2.46. The van der Waals surface area contributed by atoms with Crippen LogP contribution in [0.5, 0.6) is 0 Å². The van der Waals surface area contributed by atoms with Gasteiger partial charge in [-0.15, -0.1) is 0 Å². The Hall–Kier alpha value is -8.20. The molecule has 1 aliphatic carbocycles. The summed E-state index contributed by atoms with van der Waals surface area (Å²) in [5.74, 6) is 0. The summed E-state index contributed by atoms with van der Waals surface area (Å²) in [5.41, 5.74) is 21.9. The van der Waals surface area contributed by atoms with Gasteiger partial charge in [0, 0.05) is 38.9 Å². The van der Waals surface area contributed by atoms with Gasteiger partial charge in [0.25, 0.3) is 0 Å². The van der Waals surface area contributed by atoms with Gasteiger partial charge in [-0.1, -0.05) is 190 Å². The van der Waals surface area contributed by atoms with Crippen LogP contribution in [-0.2, 0) is 5.41 Å². The number of anilines is 3. The third-order valence-corrected chi connectivity index (χ3v) is 13.6. The Balaban J connectivity index is 0.892. The molecule has 0 radical (unpaired) electrons. The van der Waals surface area contributed by atoms with E-state index in [-0.39, 0.29) is 5.41 Å². The lowest BCUT2D eigenvalue weighted by Crippen LogP contribution is -2.15. The number of benzene rings is 10. The van der Waals surface area contributed by atoms with Gasteiger partial charge in [0.15, 0.2) is 0 Å². The zero-order valence-corrected chi connectivity index (χ0v) is 36.5. The molecule has 0 saturated heterocycles. The highest BCUT2D eigenvalue weighted by molar-refractivity contribution is 6.14. The van der Waals surface area contributed by atoms with Gasteiger partial charge in [0.05, 0.1) is 11.0 Å². The number of nitrogens with zero attached hydrogens (tertiary/aromatic N) is 2. The predicted octanol–water partition coefficient (Wildman–Crippen LogP) is 17.2. The molecular weight excluding hydrogens is 785 g/mol. The Morgan fingerprint density at radius 1 is 0.338 bits per heavy atom. The van der Waals surface area contributed by atoms with Gasteiger partial charge in [0.1, 0.15) is 0 Å². The first kappa shape index (κ1) is 38.5. The highest BCUT2D eigenvalue weighted by Crippen LogP contribution is 2.53. The Morgan fingerprint density at radius 2 is 0.800 bits per heavy atom. The van der Waals surface area contributed by atoms with Gasteiger partial charge in [-0.25, -0.2) is 0 Å². The summed E-state index contributed by atoms with van der Waals surface area (Å²) < 4.78 is 2.46. The average molecular weight is 831 g/mol. The van der Waals surface area contributed by atoms with Crippen LogP contribution >= 0.6 is 0 Å². The lowest BCUT2D eigenvalue weighted by molar-refractivity contribution is 0.666. The highest BCUT2D eigenvalue weighted by Gasteiger charge is 2.38. The molecule has 2 heteroatoms. The molecule has 0 saturated carbocycles. The Bertz CT molecular complexity index is 3440. The van der Waals surface area contributed by atoms with Crippen molar-refractivity contribution < 1.29 is 0 Å². The van der Waals surface area contributed by atoms with E-state index in [0.29, 0.717) is 0 Å². The smallest absolute Gasteiger partial charge is 0.0544 e. The lowest BCUT2D eigenvalue weighted by atomic mass is 9.80. The Morgan fingerprint density at radius 3 is 1.42 bits per heavy atom. The zero-order valence-electron chi connectivity index (χ0n) is 36.5. The normalized spacial score (nSPS) is 12.6. The number of para-hydroxylation sites is 1. The zero-order chi connectivity index (χ0) is 43.5. The van der Waals surface area contributed by atoms with E-state index >= 15 is 0 Å². The van der Waals surface area contributed by atoms with E-state index in [9.17, 15) is 0 Å². The first-order valence-corrected chi connectivity index (χ1v) is 22.6. The number of hydrogen-bond acceptors (Lipinski definition) is 1. The van der Waals surface area contributed by atoms with Crippen molar-refractivity contribution in [2.24, 2.45) is 0 Å². The van der Waals surface area contributed by atoms with Crippen LogP contribution in [0.1, 0.15) is 25.0 Å². The molecule has 10 aromatic carbocycles. The summed E-state index contributed by atoms with van der Waals surface area (Å²) in [6.45, 7) is 4.77. The molecule has 0 N–H and O–H groups in total. The lowest BCUT2D eigenvalue weighted by Gasteiger charge is -2.26. The van der Waals surface area contributed by atoms with Crippen molar-refractivity contribution in [3.63, 3.8) is 0 Å². The van der Waals surface area contributed by atoms with E-state index in [1.807, 2.05) is 0 Å². The molecule has 12 rings (SSSR count). The second-order valence-electron chi connectivity index (χ2n) is 17.7. The monoisotopic (exact) mass is 830 g/mol. The third kappa shape index (κ3) is 6.57. The van der Waals surface area contributed by atoms with Gasteiger partial charge in [-0.2, -0.15) is 0 Å². The highest BCUT2D eigenvalue weighted by atomic mass is 15.1. The summed E-state index contributed by atoms with van der Waals surface area (Å²) in [5, 5.41) is 2.64.